The highest BCUT2D eigenvalue weighted by Crippen LogP contribution is 2.39. The lowest BCUT2D eigenvalue weighted by Gasteiger charge is -2.29. The molecule has 1 aromatic heterocycles. The van der Waals surface area contributed by atoms with E-state index in [1.54, 1.807) is 6.92 Å². The van der Waals surface area contributed by atoms with Crippen molar-refractivity contribution in [3.05, 3.63) is 22.6 Å². The first-order chi connectivity index (χ1) is 9.96. The van der Waals surface area contributed by atoms with Crippen LogP contribution < -0.4 is 11.1 Å². The first-order valence-electron chi connectivity index (χ1n) is 7.64. The Morgan fingerprint density at radius 2 is 2.14 bits per heavy atom. The largest absolute Gasteiger partial charge is 0.455 e. The molecule has 1 fully saturated rings. The third-order valence-corrected chi connectivity index (χ3v) is 4.81. The van der Waals surface area contributed by atoms with Crippen LogP contribution in [0.2, 0.25) is 0 Å². The van der Waals surface area contributed by atoms with Crippen molar-refractivity contribution >= 4 is 11.7 Å². The maximum atomic E-state index is 12.5. The summed E-state index contributed by atoms with van der Waals surface area (Å²) < 4.78 is 5.69. The molecule has 5 nitrogen and oxygen atoms in total. The van der Waals surface area contributed by atoms with Crippen LogP contribution in [0, 0.1) is 12.8 Å². The van der Waals surface area contributed by atoms with Gasteiger partial charge >= 0.3 is 0 Å². The number of hydrogen-bond donors (Lipinski definition) is 2. The van der Waals surface area contributed by atoms with Crippen LogP contribution in [-0.2, 0) is 6.42 Å². The summed E-state index contributed by atoms with van der Waals surface area (Å²) in [6, 6.07) is 0. The van der Waals surface area contributed by atoms with Crippen molar-refractivity contribution in [1.82, 2.24) is 5.32 Å². The van der Waals surface area contributed by atoms with Gasteiger partial charge in [0.15, 0.2) is 11.5 Å². The highest BCUT2D eigenvalue weighted by atomic mass is 16.4. The van der Waals surface area contributed by atoms with Crippen LogP contribution in [0.5, 0.6) is 0 Å². The molecular formula is C16H22N2O3. The van der Waals surface area contributed by atoms with Gasteiger partial charge in [0.2, 0.25) is 0 Å². The van der Waals surface area contributed by atoms with Crippen molar-refractivity contribution in [2.75, 3.05) is 6.54 Å². The number of furan rings is 1. The molecule has 2 aliphatic carbocycles. The smallest absolute Gasteiger partial charge is 0.287 e. The van der Waals surface area contributed by atoms with E-state index in [1.165, 1.54) is 0 Å². The van der Waals surface area contributed by atoms with Gasteiger partial charge in [-0.2, -0.15) is 0 Å². The van der Waals surface area contributed by atoms with E-state index in [4.69, 9.17) is 10.2 Å². The standard InChI is InChI=1S/C16H22N2O3/c1-9-13-11(19)4-3-5-12(13)21-14(9)15(20)18-16(2,8-17)10-6-7-10/h10H,3-8,17H2,1-2H3,(H,18,20). The molecule has 1 aromatic rings. The van der Waals surface area contributed by atoms with Gasteiger partial charge in [0.1, 0.15) is 5.76 Å². The summed E-state index contributed by atoms with van der Waals surface area (Å²) in [5.41, 5.74) is 6.73. The van der Waals surface area contributed by atoms with E-state index in [-0.39, 0.29) is 23.0 Å². The van der Waals surface area contributed by atoms with Gasteiger partial charge in [0, 0.05) is 24.9 Å². The summed E-state index contributed by atoms with van der Waals surface area (Å²) in [5.74, 6) is 1.21. The predicted octanol–water partition coefficient (Wildman–Crippen LogP) is 1.96. The first-order valence-corrected chi connectivity index (χ1v) is 7.64. The van der Waals surface area contributed by atoms with Crippen LogP contribution in [0.3, 0.4) is 0 Å². The van der Waals surface area contributed by atoms with Gasteiger partial charge in [-0.25, -0.2) is 0 Å². The van der Waals surface area contributed by atoms with Gasteiger partial charge in [0.25, 0.3) is 5.91 Å². The summed E-state index contributed by atoms with van der Waals surface area (Å²) in [5, 5.41) is 3.02. The predicted molar refractivity (Wildman–Crippen MR) is 78.4 cm³/mol. The fourth-order valence-corrected chi connectivity index (χ4v) is 3.22. The first kappa shape index (κ1) is 14.3. The van der Waals surface area contributed by atoms with E-state index in [0.717, 1.165) is 25.7 Å². The molecule has 2 aliphatic rings. The normalized spacial score (nSPS) is 20.8. The number of Topliss-reactive ketones (excluding diaryl/α,β-unsaturated/α-hetero) is 1. The molecular weight excluding hydrogens is 268 g/mol. The zero-order valence-electron chi connectivity index (χ0n) is 12.6. The zero-order valence-corrected chi connectivity index (χ0v) is 12.6. The van der Waals surface area contributed by atoms with Crippen LogP contribution in [0.4, 0.5) is 0 Å². The van der Waals surface area contributed by atoms with Gasteiger partial charge in [-0.05, 0) is 39.0 Å². The molecule has 0 spiro atoms. The molecule has 3 rings (SSSR count). The molecule has 1 unspecified atom stereocenters. The Bertz CT molecular complexity index is 601. The number of ketones is 1. The van der Waals surface area contributed by atoms with Crippen molar-refractivity contribution in [3.8, 4) is 0 Å². The second kappa shape index (κ2) is 4.98. The van der Waals surface area contributed by atoms with Crippen LogP contribution in [-0.4, -0.2) is 23.8 Å². The lowest BCUT2D eigenvalue weighted by molar-refractivity contribution is 0.0864. The van der Waals surface area contributed by atoms with Crippen molar-refractivity contribution in [2.45, 2.75) is 51.5 Å². The average molecular weight is 290 g/mol. The van der Waals surface area contributed by atoms with Crippen LogP contribution in [0.25, 0.3) is 0 Å². The van der Waals surface area contributed by atoms with Gasteiger partial charge in [-0.15, -0.1) is 0 Å². The minimum Gasteiger partial charge on any atom is -0.455 e. The SMILES string of the molecule is Cc1c(C(=O)NC(C)(CN)C2CC2)oc2c1C(=O)CCC2. The number of rotatable bonds is 4. The van der Waals surface area contributed by atoms with Crippen molar-refractivity contribution in [2.24, 2.45) is 11.7 Å². The molecule has 0 aliphatic heterocycles. The molecule has 5 heteroatoms. The molecule has 0 aromatic carbocycles. The van der Waals surface area contributed by atoms with Crippen LogP contribution in [0.15, 0.2) is 4.42 Å². The van der Waals surface area contributed by atoms with Crippen molar-refractivity contribution in [3.63, 3.8) is 0 Å². The number of carbonyl (C=O) groups excluding carboxylic acids is 2. The highest BCUT2D eigenvalue weighted by molar-refractivity contribution is 6.03. The van der Waals surface area contributed by atoms with E-state index in [2.05, 4.69) is 5.32 Å². The Balaban J connectivity index is 1.87. The van der Waals surface area contributed by atoms with Crippen molar-refractivity contribution in [1.29, 1.82) is 0 Å². The lowest BCUT2D eigenvalue weighted by atomic mass is 9.93. The van der Waals surface area contributed by atoms with E-state index in [9.17, 15) is 9.59 Å². The highest BCUT2D eigenvalue weighted by Gasteiger charge is 2.42. The molecule has 0 bridgehead atoms. The van der Waals surface area contributed by atoms with E-state index in [0.29, 0.717) is 35.8 Å². The van der Waals surface area contributed by atoms with E-state index < -0.39 is 0 Å². The lowest BCUT2D eigenvalue weighted by Crippen LogP contribution is -2.53. The molecule has 0 saturated heterocycles. The molecule has 1 saturated carbocycles. The third kappa shape index (κ3) is 2.39. The number of nitrogens with one attached hydrogen (secondary N) is 1. The number of amides is 1. The van der Waals surface area contributed by atoms with Crippen molar-refractivity contribution < 1.29 is 14.0 Å². The van der Waals surface area contributed by atoms with Gasteiger partial charge in [-0.3, -0.25) is 9.59 Å². The number of nitrogens with two attached hydrogens (primary N) is 1. The summed E-state index contributed by atoms with van der Waals surface area (Å²) in [6.07, 6.45) is 4.26. The average Bonchev–Trinajstić information content (AvgIpc) is 3.24. The Labute approximate surface area is 124 Å². The number of carbonyl (C=O) groups is 2. The zero-order chi connectivity index (χ0) is 15.2. The minimum atomic E-state index is -0.388. The second-order valence-electron chi connectivity index (χ2n) is 6.48. The number of fused-ring (bicyclic) bond motifs is 1. The van der Waals surface area contributed by atoms with E-state index in [1.807, 2.05) is 6.92 Å². The Kier molecular flexibility index (Phi) is 3.40. The minimum absolute atomic E-state index is 0.0836. The third-order valence-electron chi connectivity index (χ3n) is 4.81. The molecule has 114 valence electrons. The topological polar surface area (TPSA) is 85.3 Å². The van der Waals surface area contributed by atoms with Gasteiger partial charge < -0.3 is 15.5 Å². The van der Waals surface area contributed by atoms with Crippen LogP contribution in [0.1, 0.15) is 64.8 Å². The molecule has 21 heavy (non-hydrogen) atoms. The van der Waals surface area contributed by atoms with E-state index >= 15 is 0 Å². The molecule has 1 atom stereocenters. The molecule has 3 N–H and O–H groups in total. The second-order valence-corrected chi connectivity index (χ2v) is 6.48. The Hall–Kier alpha value is -1.62. The molecule has 1 heterocycles. The summed E-state index contributed by atoms with van der Waals surface area (Å²) >= 11 is 0. The Morgan fingerprint density at radius 3 is 2.71 bits per heavy atom. The molecule has 0 radical (unpaired) electrons. The molecule has 1 amide bonds. The maximum Gasteiger partial charge on any atom is 0.287 e. The van der Waals surface area contributed by atoms with Gasteiger partial charge in [0.05, 0.1) is 11.1 Å². The summed E-state index contributed by atoms with van der Waals surface area (Å²) in [6.45, 7) is 4.17. The fourth-order valence-electron chi connectivity index (χ4n) is 3.22. The maximum absolute atomic E-state index is 12.5. The fraction of sp³-hybridized carbons (Fsp3) is 0.625. The monoisotopic (exact) mass is 290 g/mol. The summed E-state index contributed by atoms with van der Waals surface area (Å²) in [4.78, 5) is 24.5. The quantitative estimate of drug-likeness (QED) is 0.887. The summed E-state index contributed by atoms with van der Waals surface area (Å²) in [7, 11) is 0. The number of aryl methyl sites for hydroxylation is 1. The number of hydrogen-bond acceptors (Lipinski definition) is 4. The Morgan fingerprint density at radius 1 is 1.43 bits per heavy atom. The van der Waals surface area contributed by atoms with Gasteiger partial charge in [-0.1, -0.05) is 0 Å². The van der Waals surface area contributed by atoms with Crippen LogP contribution >= 0.6 is 0 Å².